The lowest BCUT2D eigenvalue weighted by Crippen LogP contribution is -2.29. The Morgan fingerprint density at radius 2 is 0.964 bits per heavy atom. The minimum absolute atomic E-state index is 0.494. The zero-order valence-electron chi connectivity index (χ0n) is 17.1. The lowest BCUT2D eigenvalue weighted by atomic mass is 10.0. The zero-order chi connectivity index (χ0) is 20.9. The van der Waals surface area contributed by atoms with Gasteiger partial charge in [0.2, 0.25) is 11.4 Å². The molecule has 6 nitrogen and oxygen atoms in total. The van der Waals surface area contributed by atoms with E-state index in [0.717, 1.165) is 11.1 Å². The highest BCUT2D eigenvalue weighted by molar-refractivity contribution is 5.67. The Labute approximate surface area is 165 Å². The molecule has 2 atom stereocenters. The number of esters is 2. The second kappa shape index (κ2) is 8.33. The topological polar surface area (TPSA) is 77.3 Å². The summed E-state index contributed by atoms with van der Waals surface area (Å²) in [4.78, 5) is 23.4. The third-order valence-corrected chi connectivity index (χ3v) is 4.29. The van der Waals surface area contributed by atoms with Crippen LogP contribution in [-0.2, 0) is 30.5 Å². The Hall–Kier alpha value is -3.02. The Morgan fingerprint density at radius 1 is 0.679 bits per heavy atom. The van der Waals surface area contributed by atoms with E-state index in [9.17, 15) is 9.59 Å². The van der Waals surface area contributed by atoms with Crippen LogP contribution in [0.25, 0.3) is 0 Å². The first-order valence-corrected chi connectivity index (χ1v) is 9.01. The molecule has 2 rings (SSSR count). The lowest BCUT2D eigenvalue weighted by molar-refractivity contribution is -0.162. The van der Waals surface area contributed by atoms with Gasteiger partial charge in [0.15, 0.2) is 0 Å². The molecule has 6 heteroatoms. The molecule has 0 spiro atoms. The van der Waals surface area contributed by atoms with Crippen LogP contribution in [0.2, 0.25) is 0 Å². The second-order valence-corrected chi connectivity index (χ2v) is 7.09. The molecule has 0 bridgehead atoms. The number of hydrogen-bond acceptors (Lipinski definition) is 6. The predicted octanol–water partition coefficient (Wildman–Crippen LogP) is 4.93. The molecule has 0 aliphatic heterocycles. The van der Waals surface area contributed by atoms with Crippen molar-refractivity contribution in [2.24, 2.45) is 10.2 Å². The number of aryl methyl sites for hydroxylation is 2. The first kappa shape index (κ1) is 21.3. The zero-order valence-corrected chi connectivity index (χ0v) is 17.1. The van der Waals surface area contributed by atoms with Crippen molar-refractivity contribution in [3.63, 3.8) is 0 Å². The summed E-state index contributed by atoms with van der Waals surface area (Å²) in [5.74, 6) is -0.988. The van der Waals surface area contributed by atoms with Gasteiger partial charge in [0, 0.05) is 38.8 Å². The van der Waals surface area contributed by atoms with Crippen molar-refractivity contribution in [3.8, 4) is 0 Å². The molecule has 0 aliphatic rings. The minimum atomic E-state index is -1.36. The van der Waals surface area contributed by atoms with Gasteiger partial charge in [-0.2, -0.15) is 0 Å². The Kier molecular flexibility index (Phi) is 6.33. The molecule has 0 aromatic heterocycles. The average Bonchev–Trinajstić information content (AvgIpc) is 2.60. The van der Waals surface area contributed by atoms with Crippen molar-refractivity contribution in [1.82, 2.24) is 0 Å². The van der Waals surface area contributed by atoms with Crippen LogP contribution in [0.3, 0.4) is 0 Å². The molecule has 0 saturated heterocycles. The van der Waals surface area contributed by atoms with Crippen LogP contribution in [0.15, 0.2) is 58.8 Å². The molecule has 2 unspecified atom stereocenters. The summed E-state index contributed by atoms with van der Waals surface area (Å²) < 4.78 is 11.0. The molecule has 2 aromatic rings. The number of azo groups is 1. The van der Waals surface area contributed by atoms with Crippen LogP contribution >= 0.6 is 0 Å². The van der Waals surface area contributed by atoms with Crippen LogP contribution in [-0.4, -0.2) is 11.9 Å². The van der Waals surface area contributed by atoms with Crippen LogP contribution in [0.5, 0.6) is 0 Å². The van der Waals surface area contributed by atoms with Gasteiger partial charge in [-0.25, -0.2) is 0 Å². The van der Waals surface area contributed by atoms with Gasteiger partial charge in [0.25, 0.3) is 0 Å². The highest BCUT2D eigenvalue weighted by atomic mass is 16.6. The number of rotatable bonds is 6. The standard InChI is InChI=1S/C22H26N2O4/c1-15-7-11-19(12-8-15)21(5,27-17(3)25)23-24-22(6,28-18(4)26)20-13-9-16(2)10-14-20/h7-14H,1-6H3. The van der Waals surface area contributed by atoms with E-state index < -0.39 is 23.4 Å². The Bertz CT molecular complexity index is 801. The van der Waals surface area contributed by atoms with Crippen molar-refractivity contribution >= 4 is 11.9 Å². The minimum Gasteiger partial charge on any atom is -0.431 e. The lowest BCUT2D eigenvalue weighted by Gasteiger charge is -2.28. The molecule has 148 valence electrons. The number of benzene rings is 2. The maximum atomic E-state index is 11.7. The molecule has 0 heterocycles. The number of carbonyl (C=O) groups is 2. The van der Waals surface area contributed by atoms with Gasteiger partial charge in [-0.1, -0.05) is 59.7 Å². The fourth-order valence-corrected chi connectivity index (χ4v) is 2.75. The summed E-state index contributed by atoms with van der Waals surface area (Å²) >= 11 is 0. The van der Waals surface area contributed by atoms with Gasteiger partial charge >= 0.3 is 11.9 Å². The first-order chi connectivity index (χ1) is 13.0. The highest BCUT2D eigenvalue weighted by Gasteiger charge is 2.35. The monoisotopic (exact) mass is 382 g/mol. The first-order valence-electron chi connectivity index (χ1n) is 9.01. The van der Waals surface area contributed by atoms with Crippen molar-refractivity contribution in [1.29, 1.82) is 0 Å². The SMILES string of the molecule is CC(=O)OC(C)(N=NC(C)(OC(C)=O)c1ccc(C)cc1)c1ccc(C)cc1. The van der Waals surface area contributed by atoms with Crippen LogP contribution in [0.4, 0.5) is 0 Å². The Balaban J connectivity index is 2.50. The van der Waals surface area contributed by atoms with Crippen LogP contribution in [0, 0.1) is 13.8 Å². The number of ether oxygens (including phenoxy) is 2. The fraction of sp³-hybridized carbons (Fsp3) is 0.364. The maximum absolute atomic E-state index is 11.7. The summed E-state index contributed by atoms with van der Waals surface area (Å²) in [6.45, 7) is 9.84. The van der Waals surface area contributed by atoms with Crippen molar-refractivity contribution in [2.45, 2.75) is 53.0 Å². The Morgan fingerprint density at radius 3 is 1.21 bits per heavy atom. The molecule has 0 saturated carbocycles. The van der Waals surface area contributed by atoms with Crippen molar-refractivity contribution in [3.05, 3.63) is 70.8 Å². The van der Waals surface area contributed by atoms with Crippen molar-refractivity contribution < 1.29 is 19.1 Å². The molecule has 28 heavy (non-hydrogen) atoms. The van der Waals surface area contributed by atoms with Crippen LogP contribution < -0.4 is 0 Å². The van der Waals surface area contributed by atoms with Gasteiger partial charge in [0.1, 0.15) is 0 Å². The average molecular weight is 382 g/mol. The molecule has 0 amide bonds. The smallest absolute Gasteiger partial charge is 0.305 e. The van der Waals surface area contributed by atoms with E-state index in [2.05, 4.69) is 10.2 Å². The van der Waals surface area contributed by atoms with Gasteiger partial charge in [-0.05, 0) is 13.8 Å². The third-order valence-electron chi connectivity index (χ3n) is 4.29. The van der Waals surface area contributed by atoms with E-state index in [0.29, 0.717) is 11.1 Å². The number of carbonyl (C=O) groups excluding carboxylic acids is 2. The fourth-order valence-electron chi connectivity index (χ4n) is 2.75. The predicted molar refractivity (Wildman–Crippen MR) is 105 cm³/mol. The molecule has 2 aromatic carbocycles. The van der Waals surface area contributed by atoms with Gasteiger partial charge in [0.05, 0.1) is 0 Å². The van der Waals surface area contributed by atoms with E-state index >= 15 is 0 Å². The quantitative estimate of drug-likeness (QED) is 0.524. The van der Waals surface area contributed by atoms with E-state index in [-0.39, 0.29) is 0 Å². The van der Waals surface area contributed by atoms with Crippen LogP contribution in [0.1, 0.15) is 49.9 Å². The number of hydrogen-bond donors (Lipinski definition) is 0. The summed E-state index contributed by atoms with van der Waals surface area (Å²) in [5, 5.41) is 8.65. The second-order valence-electron chi connectivity index (χ2n) is 7.09. The van der Waals surface area contributed by atoms with Gasteiger partial charge < -0.3 is 9.47 Å². The largest absolute Gasteiger partial charge is 0.431 e. The summed E-state index contributed by atoms with van der Waals surface area (Å²) in [6.07, 6.45) is 0. The summed E-state index contributed by atoms with van der Waals surface area (Å²) in [6, 6.07) is 14.9. The third kappa shape index (κ3) is 5.25. The van der Waals surface area contributed by atoms with E-state index in [1.54, 1.807) is 13.8 Å². The molecular formula is C22H26N2O4. The van der Waals surface area contributed by atoms with Gasteiger partial charge in [-0.3, -0.25) is 9.59 Å². The normalized spacial score (nSPS) is 15.5. The molecular weight excluding hydrogens is 356 g/mol. The van der Waals surface area contributed by atoms with E-state index in [4.69, 9.17) is 9.47 Å². The number of nitrogens with zero attached hydrogens (tertiary/aromatic N) is 2. The maximum Gasteiger partial charge on any atom is 0.305 e. The van der Waals surface area contributed by atoms with Crippen molar-refractivity contribution in [2.75, 3.05) is 0 Å². The summed E-state index contributed by atoms with van der Waals surface area (Å²) in [7, 11) is 0. The molecule has 0 fully saturated rings. The highest BCUT2D eigenvalue weighted by Crippen LogP contribution is 2.33. The van der Waals surface area contributed by atoms with Gasteiger partial charge in [-0.15, -0.1) is 10.2 Å². The molecule has 0 radical (unpaired) electrons. The van der Waals surface area contributed by atoms with E-state index in [1.807, 2.05) is 62.4 Å². The summed E-state index contributed by atoms with van der Waals surface area (Å²) in [5.41, 5.74) is 0.736. The molecule has 0 N–H and O–H groups in total. The molecule has 0 aliphatic carbocycles. The van der Waals surface area contributed by atoms with E-state index in [1.165, 1.54) is 13.8 Å².